The van der Waals surface area contributed by atoms with Crippen LogP contribution in [0.2, 0.25) is 0 Å². The third kappa shape index (κ3) is 3.59. The van der Waals surface area contributed by atoms with Gasteiger partial charge in [-0.15, -0.1) is 0 Å². The van der Waals surface area contributed by atoms with E-state index in [2.05, 4.69) is 5.32 Å². The molecule has 0 saturated carbocycles. The highest BCUT2D eigenvalue weighted by Gasteiger charge is 2.05. The molecular weight excluding hydrogens is 192 g/mol. The van der Waals surface area contributed by atoms with E-state index in [1.54, 1.807) is 6.07 Å². The molecule has 4 nitrogen and oxygen atoms in total. The predicted molar refractivity (Wildman–Crippen MR) is 59.0 cm³/mol. The van der Waals surface area contributed by atoms with Crippen molar-refractivity contribution in [2.75, 3.05) is 13.1 Å². The molecule has 0 heterocycles. The van der Waals surface area contributed by atoms with Gasteiger partial charge in [-0.1, -0.05) is 17.7 Å². The number of aryl methyl sites for hydroxylation is 2. The van der Waals surface area contributed by atoms with Gasteiger partial charge < -0.3 is 15.8 Å². The van der Waals surface area contributed by atoms with E-state index < -0.39 is 6.09 Å². The molecular formula is C11H16N2O2. The lowest BCUT2D eigenvalue weighted by Crippen LogP contribution is -2.31. The molecule has 0 unspecified atom stereocenters. The van der Waals surface area contributed by atoms with E-state index in [0.29, 0.717) is 18.8 Å². The highest BCUT2D eigenvalue weighted by Crippen LogP contribution is 2.18. The molecule has 1 amide bonds. The lowest BCUT2D eigenvalue weighted by Gasteiger charge is -2.08. The number of hydrogen-bond donors (Lipinski definition) is 2. The summed E-state index contributed by atoms with van der Waals surface area (Å²) in [4.78, 5) is 11.2. The van der Waals surface area contributed by atoms with E-state index in [-0.39, 0.29) is 0 Å². The number of carbonyl (C=O) groups is 1. The number of rotatable bonds is 3. The maximum atomic E-state index is 11.2. The number of hydrogen-bond acceptors (Lipinski definition) is 3. The first-order valence-electron chi connectivity index (χ1n) is 4.86. The van der Waals surface area contributed by atoms with Gasteiger partial charge in [-0.2, -0.15) is 0 Å². The van der Waals surface area contributed by atoms with Crippen LogP contribution in [0.25, 0.3) is 0 Å². The fraction of sp³-hybridized carbons (Fsp3) is 0.364. The van der Waals surface area contributed by atoms with Crippen molar-refractivity contribution >= 4 is 6.09 Å². The summed E-state index contributed by atoms with van der Waals surface area (Å²) < 4.78 is 5.10. The maximum Gasteiger partial charge on any atom is 0.412 e. The second kappa shape index (κ2) is 5.36. The van der Waals surface area contributed by atoms with Crippen LogP contribution in [0.4, 0.5) is 4.79 Å². The Morgan fingerprint density at radius 1 is 1.47 bits per heavy atom. The molecule has 3 N–H and O–H groups in total. The highest BCUT2D eigenvalue weighted by molar-refractivity contribution is 5.70. The zero-order valence-corrected chi connectivity index (χ0v) is 9.04. The molecule has 15 heavy (non-hydrogen) atoms. The largest absolute Gasteiger partial charge is 0.412 e. The number of ether oxygens (including phenoxy) is 1. The topological polar surface area (TPSA) is 64.3 Å². The third-order valence-electron chi connectivity index (χ3n) is 1.95. The smallest absolute Gasteiger partial charge is 0.410 e. The van der Waals surface area contributed by atoms with Gasteiger partial charge in [0, 0.05) is 13.1 Å². The van der Waals surface area contributed by atoms with Gasteiger partial charge in [0.1, 0.15) is 5.75 Å². The van der Waals surface area contributed by atoms with Crippen LogP contribution < -0.4 is 15.8 Å². The standard InChI is InChI=1S/C11H16N2O2/c1-8-3-4-10(9(2)7-8)15-11(14)13-6-5-12/h3-4,7H,5-6,12H2,1-2H3,(H,13,14). The van der Waals surface area contributed by atoms with E-state index in [0.717, 1.165) is 11.1 Å². The Bertz CT molecular complexity index is 350. The molecule has 0 bridgehead atoms. The zero-order chi connectivity index (χ0) is 11.3. The van der Waals surface area contributed by atoms with Crippen LogP contribution in [0.3, 0.4) is 0 Å². The molecule has 0 aliphatic carbocycles. The molecule has 1 aromatic rings. The summed E-state index contributed by atoms with van der Waals surface area (Å²) in [6.07, 6.45) is -0.465. The monoisotopic (exact) mass is 208 g/mol. The van der Waals surface area contributed by atoms with Crippen LogP contribution in [-0.2, 0) is 0 Å². The first kappa shape index (κ1) is 11.5. The SMILES string of the molecule is Cc1ccc(OC(=O)NCCN)c(C)c1. The van der Waals surface area contributed by atoms with Crippen LogP contribution in [0.1, 0.15) is 11.1 Å². The van der Waals surface area contributed by atoms with E-state index in [9.17, 15) is 4.79 Å². The molecule has 0 saturated heterocycles. The van der Waals surface area contributed by atoms with Crippen molar-refractivity contribution in [3.05, 3.63) is 29.3 Å². The van der Waals surface area contributed by atoms with Gasteiger partial charge in [0.25, 0.3) is 0 Å². The molecule has 0 fully saturated rings. The van der Waals surface area contributed by atoms with Gasteiger partial charge in [0.05, 0.1) is 0 Å². The third-order valence-corrected chi connectivity index (χ3v) is 1.95. The molecule has 1 rings (SSSR count). The van der Waals surface area contributed by atoms with Gasteiger partial charge in [-0.25, -0.2) is 4.79 Å². The summed E-state index contributed by atoms with van der Waals surface area (Å²) in [6.45, 7) is 4.72. The second-order valence-electron chi connectivity index (χ2n) is 3.37. The van der Waals surface area contributed by atoms with E-state index in [1.807, 2.05) is 26.0 Å². The molecule has 0 aliphatic rings. The number of nitrogens with two attached hydrogens (primary N) is 1. The van der Waals surface area contributed by atoms with E-state index in [4.69, 9.17) is 10.5 Å². The van der Waals surface area contributed by atoms with Crippen LogP contribution in [0.5, 0.6) is 5.75 Å². The van der Waals surface area contributed by atoms with Crippen molar-refractivity contribution in [2.45, 2.75) is 13.8 Å². The fourth-order valence-electron chi connectivity index (χ4n) is 1.22. The number of nitrogens with one attached hydrogen (secondary N) is 1. The minimum Gasteiger partial charge on any atom is -0.410 e. The summed E-state index contributed by atoms with van der Waals surface area (Å²) >= 11 is 0. The molecule has 0 aromatic heterocycles. The Labute approximate surface area is 89.4 Å². The van der Waals surface area contributed by atoms with Gasteiger partial charge in [0.2, 0.25) is 0 Å². The maximum absolute atomic E-state index is 11.2. The minimum atomic E-state index is -0.465. The first-order valence-corrected chi connectivity index (χ1v) is 4.86. The Morgan fingerprint density at radius 2 is 2.20 bits per heavy atom. The summed E-state index contributed by atoms with van der Waals surface area (Å²) in [7, 11) is 0. The van der Waals surface area contributed by atoms with Crippen molar-refractivity contribution in [1.82, 2.24) is 5.32 Å². The Balaban J connectivity index is 2.60. The van der Waals surface area contributed by atoms with Crippen molar-refractivity contribution in [3.8, 4) is 5.75 Å². The summed E-state index contributed by atoms with van der Waals surface area (Å²) in [6, 6.07) is 5.65. The average Bonchev–Trinajstić information content (AvgIpc) is 2.19. The van der Waals surface area contributed by atoms with Crippen molar-refractivity contribution in [1.29, 1.82) is 0 Å². The Morgan fingerprint density at radius 3 is 2.80 bits per heavy atom. The van der Waals surface area contributed by atoms with E-state index in [1.165, 1.54) is 0 Å². The lowest BCUT2D eigenvalue weighted by molar-refractivity contribution is 0.200. The average molecular weight is 208 g/mol. The molecule has 4 heteroatoms. The van der Waals surface area contributed by atoms with Crippen molar-refractivity contribution < 1.29 is 9.53 Å². The van der Waals surface area contributed by atoms with Gasteiger partial charge in [-0.05, 0) is 25.5 Å². The molecule has 82 valence electrons. The van der Waals surface area contributed by atoms with Crippen LogP contribution in [-0.4, -0.2) is 19.2 Å². The summed E-state index contributed by atoms with van der Waals surface area (Å²) in [5, 5.41) is 2.54. The quantitative estimate of drug-likeness (QED) is 0.788. The molecule has 1 aromatic carbocycles. The lowest BCUT2D eigenvalue weighted by atomic mass is 10.1. The van der Waals surface area contributed by atoms with E-state index >= 15 is 0 Å². The molecule has 0 spiro atoms. The molecule has 0 atom stereocenters. The van der Waals surface area contributed by atoms with Crippen LogP contribution >= 0.6 is 0 Å². The highest BCUT2D eigenvalue weighted by atomic mass is 16.6. The van der Waals surface area contributed by atoms with Crippen LogP contribution in [0, 0.1) is 13.8 Å². The van der Waals surface area contributed by atoms with Gasteiger partial charge >= 0.3 is 6.09 Å². The minimum absolute atomic E-state index is 0.405. The Kier molecular flexibility index (Phi) is 4.12. The van der Waals surface area contributed by atoms with Crippen LogP contribution in [0.15, 0.2) is 18.2 Å². The predicted octanol–water partition coefficient (Wildman–Crippen LogP) is 1.35. The summed E-state index contributed by atoms with van der Waals surface area (Å²) in [5.41, 5.74) is 7.33. The second-order valence-corrected chi connectivity index (χ2v) is 3.37. The normalized spacial score (nSPS) is 9.80. The zero-order valence-electron chi connectivity index (χ0n) is 9.04. The van der Waals surface area contributed by atoms with Crippen molar-refractivity contribution in [3.63, 3.8) is 0 Å². The Hall–Kier alpha value is -1.55. The van der Waals surface area contributed by atoms with Crippen molar-refractivity contribution in [2.24, 2.45) is 5.73 Å². The van der Waals surface area contributed by atoms with Gasteiger partial charge in [-0.3, -0.25) is 0 Å². The molecule has 0 radical (unpaired) electrons. The first-order chi connectivity index (χ1) is 7.13. The number of carbonyl (C=O) groups excluding carboxylic acids is 1. The summed E-state index contributed by atoms with van der Waals surface area (Å²) in [5.74, 6) is 0.579. The van der Waals surface area contributed by atoms with Gasteiger partial charge in [0.15, 0.2) is 0 Å². The molecule has 0 aliphatic heterocycles. The fourth-order valence-corrected chi connectivity index (χ4v) is 1.22. The number of amides is 1. The number of benzene rings is 1.